The number of rotatable bonds is 4. The zero-order valence-electron chi connectivity index (χ0n) is 11.0. The molecule has 2 rings (SSSR count). The second kappa shape index (κ2) is 6.55. The molecule has 0 spiro atoms. The van der Waals surface area contributed by atoms with Crippen LogP contribution in [-0.4, -0.2) is 18.5 Å². The van der Waals surface area contributed by atoms with E-state index in [1.165, 1.54) is 37.7 Å². The number of anilines is 1. The average molecular weight is 246 g/mol. The fourth-order valence-electron chi connectivity index (χ4n) is 2.39. The van der Waals surface area contributed by atoms with Crippen LogP contribution in [0.5, 0.6) is 0 Å². The molecule has 18 heavy (non-hydrogen) atoms. The van der Waals surface area contributed by atoms with Gasteiger partial charge in [-0.15, -0.1) is 0 Å². The minimum atomic E-state index is 0.0458. The lowest BCUT2D eigenvalue weighted by molar-refractivity contribution is -0.115. The SMILES string of the molecule is Cc1ccc(NC(=O)CNC2CCCCC2)cc1. The van der Waals surface area contributed by atoms with Crippen molar-refractivity contribution in [2.24, 2.45) is 0 Å². The molecule has 1 amide bonds. The van der Waals surface area contributed by atoms with Gasteiger partial charge in [0, 0.05) is 11.7 Å². The number of amides is 1. The molecule has 3 nitrogen and oxygen atoms in total. The number of carbonyl (C=O) groups excluding carboxylic acids is 1. The van der Waals surface area contributed by atoms with Crippen molar-refractivity contribution in [3.8, 4) is 0 Å². The summed E-state index contributed by atoms with van der Waals surface area (Å²) in [5.41, 5.74) is 2.07. The maximum atomic E-state index is 11.8. The smallest absolute Gasteiger partial charge is 0.238 e. The van der Waals surface area contributed by atoms with Crippen LogP contribution in [0.25, 0.3) is 0 Å². The molecule has 2 N–H and O–H groups in total. The lowest BCUT2D eigenvalue weighted by Crippen LogP contribution is -2.37. The summed E-state index contributed by atoms with van der Waals surface area (Å²) >= 11 is 0. The van der Waals surface area contributed by atoms with E-state index in [0.717, 1.165) is 5.69 Å². The van der Waals surface area contributed by atoms with Gasteiger partial charge in [-0.05, 0) is 31.9 Å². The highest BCUT2D eigenvalue weighted by atomic mass is 16.1. The fraction of sp³-hybridized carbons (Fsp3) is 0.533. The van der Waals surface area contributed by atoms with Gasteiger partial charge in [-0.1, -0.05) is 37.0 Å². The Morgan fingerprint density at radius 2 is 1.83 bits per heavy atom. The molecule has 1 fully saturated rings. The van der Waals surface area contributed by atoms with Crippen LogP contribution in [0.2, 0.25) is 0 Å². The van der Waals surface area contributed by atoms with E-state index < -0.39 is 0 Å². The molecule has 0 bridgehead atoms. The van der Waals surface area contributed by atoms with Crippen LogP contribution >= 0.6 is 0 Å². The van der Waals surface area contributed by atoms with Gasteiger partial charge in [0.2, 0.25) is 5.91 Å². The summed E-state index contributed by atoms with van der Waals surface area (Å²) in [4.78, 5) is 11.8. The van der Waals surface area contributed by atoms with Gasteiger partial charge in [0.1, 0.15) is 0 Å². The number of aryl methyl sites for hydroxylation is 1. The summed E-state index contributed by atoms with van der Waals surface area (Å²) in [6.07, 6.45) is 6.33. The van der Waals surface area contributed by atoms with E-state index in [-0.39, 0.29) is 5.91 Å². The maximum absolute atomic E-state index is 11.8. The minimum absolute atomic E-state index is 0.0458. The van der Waals surface area contributed by atoms with Gasteiger partial charge in [-0.25, -0.2) is 0 Å². The molecule has 0 aromatic heterocycles. The number of benzene rings is 1. The molecule has 1 aromatic rings. The highest BCUT2D eigenvalue weighted by molar-refractivity contribution is 5.92. The van der Waals surface area contributed by atoms with Crippen LogP contribution in [0.3, 0.4) is 0 Å². The number of hydrogen-bond donors (Lipinski definition) is 2. The van der Waals surface area contributed by atoms with Crippen molar-refractivity contribution in [3.63, 3.8) is 0 Å². The zero-order valence-corrected chi connectivity index (χ0v) is 11.0. The third-order valence-corrected chi connectivity index (χ3v) is 3.49. The Hall–Kier alpha value is -1.35. The van der Waals surface area contributed by atoms with E-state index in [1.807, 2.05) is 31.2 Å². The lowest BCUT2D eigenvalue weighted by atomic mass is 9.95. The van der Waals surface area contributed by atoms with Crippen LogP contribution < -0.4 is 10.6 Å². The molecule has 98 valence electrons. The van der Waals surface area contributed by atoms with Crippen molar-refractivity contribution in [3.05, 3.63) is 29.8 Å². The quantitative estimate of drug-likeness (QED) is 0.857. The molecule has 3 heteroatoms. The minimum Gasteiger partial charge on any atom is -0.325 e. The molecule has 1 aliphatic carbocycles. The summed E-state index contributed by atoms with van der Waals surface area (Å²) in [7, 11) is 0. The predicted molar refractivity (Wildman–Crippen MR) is 74.7 cm³/mol. The number of carbonyl (C=O) groups is 1. The van der Waals surface area contributed by atoms with Gasteiger partial charge in [-0.2, -0.15) is 0 Å². The molecule has 0 heterocycles. The zero-order chi connectivity index (χ0) is 12.8. The van der Waals surface area contributed by atoms with E-state index in [9.17, 15) is 4.79 Å². The maximum Gasteiger partial charge on any atom is 0.238 e. The first kappa shape index (κ1) is 13.1. The van der Waals surface area contributed by atoms with Gasteiger partial charge in [0.05, 0.1) is 6.54 Å². The summed E-state index contributed by atoms with van der Waals surface area (Å²) < 4.78 is 0. The Bertz CT molecular complexity index is 380. The van der Waals surface area contributed by atoms with Crippen molar-refractivity contribution in [2.75, 3.05) is 11.9 Å². The molecule has 0 atom stereocenters. The summed E-state index contributed by atoms with van der Waals surface area (Å²) in [6.45, 7) is 2.45. The molecule has 0 unspecified atom stereocenters. The third-order valence-electron chi connectivity index (χ3n) is 3.49. The van der Waals surface area contributed by atoms with E-state index in [2.05, 4.69) is 10.6 Å². The molecule has 1 aromatic carbocycles. The second-order valence-corrected chi connectivity index (χ2v) is 5.13. The van der Waals surface area contributed by atoms with Gasteiger partial charge < -0.3 is 10.6 Å². The molecule has 0 saturated heterocycles. The Labute approximate surface area is 109 Å². The first-order valence-corrected chi connectivity index (χ1v) is 6.84. The monoisotopic (exact) mass is 246 g/mol. The number of nitrogens with one attached hydrogen (secondary N) is 2. The Morgan fingerprint density at radius 1 is 1.17 bits per heavy atom. The van der Waals surface area contributed by atoms with Crippen molar-refractivity contribution in [2.45, 2.75) is 45.1 Å². The molecule has 1 saturated carbocycles. The first-order valence-electron chi connectivity index (χ1n) is 6.84. The van der Waals surface area contributed by atoms with Crippen LogP contribution in [-0.2, 0) is 4.79 Å². The van der Waals surface area contributed by atoms with Crippen molar-refractivity contribution in [1.82, 2.24) is 5.32 Å². The van der Waals surface area contributed by atoms with E-state index in [0.29, 0.717) is 12.6 Å². The Balaban J connectivity index is 1.73. The van der Waals surface area contributed by atoms with E-state index in [4.69, 9.17) is 0 Å². The van der Waals surface area contributed by atoms with E-state index >= 15 is 0 Å². The summed E-state index contributed by atoms with van der Waals surface area (Å²) in [5, 5.41) is 6.25. The van der Waals surface area contributed by atoms with Crippen molar-refractivity contribution >= 4 is 11.6 Å². The van der Waals surface area contributed by atoms with Crippen LogP contribution in [0.1, 0.15) is 37.7 Å². The van der Waals surface area contributed by atoms with Gasteiger partial charge in [0.15, 0.2) is 0 Å². The van der Waals surface area contributed by atoms with Crippen LogP contribution in [0.4, 0.5) is 5.69 Å². The summed E-state index contributed by atoms with van der Waals surface area (Å²) in [6, 6.07) is 8.42. The normalized spacial score (nSPS) is 16.5. The Kier molecular flexibility index (Phi) is 4.76. The largest absolute Gasteiger partial charge is 0.325 e. The second-order valence-electron chi connectivity index (χ2n) is 5.13. The number of hydrogen-bond acceptors (Lipinski definition) is 2. The molecule has 0 aliphatic heterocycles. The topological polar surface area (TPSA) is 41.1 Å². The first-order chi connectivity index (χ1) is 8.74. The molecule has 0 radical (unpaired) electrons. The van der Waals surface area contributed by atoms with Crippen molar-refractivity contribution in [1.29, 1.82) is 0 Å². The van der Waals surface area contributed by atoms with E-state index in [1.54, 1.807) is 0 Å². The molecular formula is C15H22N2O. The average Bonchev–Trinajstić information content (AvgIpc) is 2.40. The molecular weight excluding hydrogens is 224 g/mol. The molecule has 1 aliphatic rings. The van der Waals surface area contributed by atoms with Gasteiger partial charge in [-0.3, -0.25) is 4.79 Å². The highest BCUT2D eigenvalue weighted by Gasteiger charge is 2.13. The predicted octanol–water partition coefficient (Wildman–Crippen LogP) is 2.86. The lowest BCUT2D eigenvalue weighted by Gasteiger charge is -2.22. The highest BCUT2D eigenvalue weighted by Crippen LogP contribution is 2.17. The summed E-state index contributed by atoms with van der Waals surface area (Å²) in [5.74, 6) is 0.0458. The fourth-order valence-corrected chi connectivity index (χ4v) is 2.39. The third kappa shape index (κ3) is 4.15. The van der Waals surface area contributed by atoms with Crippen LogP contribution in [0, 0.1) is 6.92 Å². The van der Waals surface area contributed by atoms with Crippen molar-refractivity contribution < 1.29 is 4.79 Å². The standard InChI is InChI=1S/C15H22N2O/c1-12-7-9-14(10-8-12)17-15(18)11-16-13-5-3-2-4-6-13/h7-10,13,16H,2-6,11H2,1H3,(H,17,18). The van der Waals surface area contributed by atoms with Crippen LogP contribution in [0.15, 0.2) is 24.3 Å². The van der Waals surface area contributed by atoms with Gasteiger partial charge >= 0.3 is 0 Å². The Morgan fingerprint density at radius 3 is 2.50 bits per heavy atom. The van der Waals surface area contributed by atoms with Gasteiger partial charge in [0.25, 0.3) is 0 Å².